The third kappa shape index (κ3) is 1.47. The van der Waals surface area contributed by atoms with E-state index < -0.39 is 0 Å². The van der Waals surface area contributed by atoms with Gasteiger partial charge in [-0.3, -0.25) is 0 Å². The van der Waals surface area contributed by atoms with Crippen molar-refractivity contribution in [2.75, 3.05) is 7.11 Å². The molecule has 0 aliphatic heterocycles. The van der Waals surface area contributed by atoms with Crippen LogP contribution in [0, 0.1) is 0 Å². The van der Waals surface area contributed by atoms with Crippen LogP contribution < -0.4 is 4.74 Å². The molecule has 1 heterocycles. The van der Waals surface area contributed by atoms with E-state index in [0.717, 1.165) is 21.0 Å². The molecule has 10 heavy (non-hydrogen) atoms. The SMILES string of the molecule is COc1csc(Cl)c1CBr. The van der Waals surface area contributed by atoms with Crippen molar-refractivity contribution in [3.63, 3.8) is 0 Å². The molecule has 1 rings (SSSR count). The summed E-state index contributed by atoms with van der Waals surface area (Å²) in [5, 5.41) is 2.65. The van der Waals surface area contributed by atoms with Gasteiger partial charge in [0.1, 0.15) is 10.1 Å². The minimum atomic E-state index is 0.749. The first-order chi connectivity index (χ1) is 4.79. The van der Waals surface area contributed by atoms with E-state index in [9.17, 15) is 0 Å². The largest absolute Gasteiger partial charge is 0.496 e. The quantitative estimate of drug-likeness (QED) is 0.722. The monoisotopic (exact) mass is 240 g/mol. The van der Waals surface area contributed by atoms with Gasteiger partial charge >= 0.3 is 0 Å². The summed E-state index contributed by atoms with van der Waals surface area (Å²) in [6.45, 7) is 0. The average Bonchev–Trinajstić information content (AvgIpc) is 2.30. The van der Waals surface area contributed by atoms with Crippen molar-refractivity contribution in [2.24, 2.45) is 0 Å². The number of alkyl halides is 1. The fraction of sp³-hybridized carbons (Fsp3) is 0.333. The standard InChI is InChI=1S/C6H6BrClOS/c1-9-5-3-10-6(8)4(5)2-7/h3H,2H2,1H3. The van der Waals surface area contributed by atoms with Gasteiger partial charge in [-0.05, 0) is 0 Å². The van der Waals surface area contributed by atoms with Gasteiger partial charge in [0.05, 0.1) is 7.11 Å². The van der Waals surface area contributed by atoms with Crippen molar-refractivity contribution in [3.8, 4) is 5.75 Å². The Kier molecular flexibility index (Phi) is 3.01. The Labute approximate surface area is 77.1 Å². The van der Waals surface area contributed by atoms with Crippen molar-refractivity contribution in [1.82, 2.24) is 0 Å². The Morgan fingerprint density at radius 2 is 2.50 bits per heavy atom. The lowest BCUT2D eigenvalue weighted by molar-refractivity contribution is 0.413. The van der Waals surface area contributed by atoms with Crippen molar-refractivity contribution in [3.05, 3.63) is 15.3 Å². The molecule has 0 aliphatic carbocycles. The average molecular weight is 242 g/mol. The number of ether oxygens (including phenoxy) is 1. The van der Waals surface area contributed by atoms with Crippen LogP contribution in [0.2, 0.25) is 4.34 Å². The van der Waals surface area contributed by atoms with E-state index in [1.807, 2.05) is 5.38 Å². The lowest BCUT2D eigenvalue weighted by Crippen LogP contribution is -1.83. The minimum absolute atomic E-state index is 0.749. The Balaban J connectivity index is 3.01. The van der Waals surface area contributed by atoms with Crippen LogP contribution in [0.5, 0.6) is 5.75 Å². The molecule has 0 aromatic carbocycles. The van der Waals surface area contributed by atoms with E-state index in [4.69, 9.17) is 16.3 Å². The fourth-order valence-corrected chi connectivity index (χ4v) is 2.60. The second-order valence-corrected chi connectivity index (χ2v) is 3.73. The van der Waals surface area contributed by atoms with E-state index in [2.05, 4.69) is 15.9 Å². The minimum Gasteiger partial charge on any atom is -0.496 e. The maximum Gasteiger partial charge on any atom is 0.135 e. The summed E-state index contributed by atoms with van der Waals surface area (Å²) in [6, 6.07) is 0. The Bertz CT molecular complexity index is 224. The second-order valence-electron chi connectivity index (χ2n) is 1.69. The van der Waals surface area contributed by atoms with Gasteiger partial charge in [-0.2, -0.15) is 0 Å². The predicted octanol–water partition coefficient (Wildman–Crippen LogP) is 3.31. The molecule has 0 unspecified atom stereocenters. The topological polar surface area (TPSA) is 9.23 Å². The summed E-state index contributed by atoms with van der Waals surface area (Å²) in [5.41, 5.74) is 1.04. The number of hydrogen-bond acceptors (Lipinski definition) is 2. The zero-order valence-corrected chi connectivity index (χ0v) is 8.52. The van der Waals surface area contributed by atoms with Crippen LogP contribution in [0.4, 0.5) is 0 Å². The van der Waals surface area contributed by atoms with Crippen LogP contribution in [-0.4, -0.2) is 7.11 Å². The Morgan fingerprint density at radius 3 is 2.90 bits per heavy atom. The van der Waals surface area contributed by atoms with Gasteiger partial charge < -0.3 is 4.74 Å². The van der Waals surface area contributed by atoms with E-state index in [-0.39, 0.29) is 0 Å². The van der Waals surface area contributed by atoms with Crippen LogP contribution in [0.1, 0.15) is 5.56 Å². The highest BCUT2D eigenvalue weighted by Gasteiger charge is 2.07. The van der Waals surface area contributed by atoms with Crippen LogP contribution in [0.15, 0.2) is 5.38 Å². The molecule has 0 fully saturated rings. The van der Waals surface area contributed by atoms with Gasteiger partial charge in [-0.1, -0.05) is 27.5 Å². The first kappa shape index (κ1) is 8.37. The lowest BCUT2D eigenvalue weighted by Gasteiger charge is -1.97. The van der Waals surface area contributed by atoms with Crippen LogP contribution >= 0.6 is 38.9 Å². The number of hydrogen-bond donors (Lipinski definition) is 0. The molecular weight excluding hydrogens is 235 g/mol. The van der Waals surface area contributed by atoms with Crippen molar-refractivity contribution < 1.29 is 4.74 Å². The zero-order chi connectivity index (χ0) is 7.56. The molecule has 0 N–H and O–H groups in total. The molecule has 1 nitrogen and oxygen atoms in total. The van der Waals surface area contributed by atoms with Gasteiger partial charge in [0.15, 0.2) is 0 Å². The first-order valence-electron chi connectivity index (χ1n) is 2.65. The van der Waals surface area contributed by atoms with Gasteiger partial charge in [-0.15, -0.1) is 11.3 Å². The van der Waals surface area contributed by atoms with Crippen LogP contribution in [0.3, 0.4) is 0 Å². The molecule has 0 saturated carbocycles. The third-order valence-electron chi connectivity index (χ3n) is 1.16. The smallest absolute Gasteiger partial charge is 0.135 e. The highest BCUT2D eigenvalue weighted by molar-refractivity contribution is 9.08. The van der Waals surface area contributed by atoms with E-state index in [1.54, 1.807) is 7.11 Å². The van der Waals surface area contributed by atoms with E-state index in [1.165, 1.54) is 11.3 Å². The summed E-state index contributed by atoms with van der Waals surface area (Å²) >= 11 is 10.6. The predicted molar refractivity (Wildman–Crippen MR) is 48.5 cm³/mol. The molecule has 0 bridgehead atoms. The maximum absolute atomic E-state index is 5.83. The molecule has 1 aromatic heterocycles. The van der Waals surface area contributed by atoms with Gasteiger partial charge in [0.2, 0.25) is 0 Å². The summed E-state index contributed by atoms with van der Waals surface area (Å²) in [4.78, 5) is 0. The molecule has 0 radical (unpaired) electrons. The highest BCUT2D eigenvalue weighted by atomic mass is 79.9. The molecular formula is C6H6BrClOS. The van der Waals surface area contributed by atoms with Crippen LogP contribution in [0.25, 0.3) is 0 Å². The molecule has 1 aromatic rings. The highest BCUT2D eigenvalue weighted by Crippen LogP contribution is 2.34. The van der Waals surface area contributed by atoms with Crippen molar-refractivity contribution in [1.29, 1.82) is 0 Å². The molecule has 0 amide bonds. The fourth-order valence-electron chi connectivity index (χ4n) is 0.634. The molecule has 0 atom stereocenters. The van der Waals surface area contributed by atoms with Gasteiger partial charge in [-0.25, -0.2) is 0 Å². The summed E-state index contributed by atoms with van der Waals surface area (Å²) in [5.74, 6) is 0.867. The molecule has 0 saturated heterocycles. The van der Waals surface area contributed by atoms with E-state index >= 15 is 0 Å². The van der Waals surface area contributed by atoms with E-state index in [0.29, 0.717) is 0 Å². The zero-order valence-electron chi connectivity index (χ0n) is 5.36. The molecule has 0 spiro atoms. The number of rotatable bonds is 2. The van der Waals surface area contributed by atoms with Gasteiger partial charge in [0, 0.05) is 16.3 Å². The number of methoxy groups -OCH3 is 1. The number of halogens is 2. The maximum atomic E-state index is 5.83. The number of thiophene rings is 1. The van der Waals surface area contributed by atoms with Gasteiger partial charge in [0.25, 0.3) is 0 Å². The third-order valence-corrected chi connectivity index (χ3v) is 3.00. The summed E-state index contributed by atoms with van der Waals surface area (Å²) < 4.78 is 5.85. The first-order valence-corrected chi connectivity index (χ1v) is 5.03. The van der Waals surface area contributed by atoms with Crippen molar-refractivity contribution >= 4 is 38.9 Å². The summed E-state index contributed by atoms with van der Waals surface area (Å²) in [6.07, 6.45) is 0. The van der Waals surface area contributed by atoms with Crippen molar-refractivity contribution in [2.45, 2.75) is 5.33 Å². The Hall–Kier alpha value is 0.270. The normalized spacial score (nSPS) is 9.90. The Morgan fingerprint density at radius 1 is 1.80 bits per heavy atom. The van der Waals surface area contributed by atoms with Crippen LogP contribution in [-0.2, 0) is 5.33 Å². The lowest BCUT2D eigenvalue weighted by atomic mass is 10.4. The second kappa shape index (κ2) is 3.60. The molecule has 0 aliphatic rings. The summed E-state index contributed by atoms with van der Waals surface area (Å²) in [7, 11) is 1.64. The molecule has 56 valence electrons. The molecule has 4 heteroatoms.